The minimum atomic E-state index is -1.10. The molecule has 9 heteroatoms. The molecule has 2 amide bonds. The summed E-state index contributed by atoms with van der Waals surface area (Å²) < 4.78 is 10.9. The predicted octanol–water partition coefficient (Wildman–Crippen LogP) is 3.05. The average molecular weight is 430 g/mol. The molecule has 4 fully saturated rings. The van der Waals surface area contributed by atoms with Gasteiger partial charge in [-0.3, -0.25) is 9.59 Å². The number of nitriles is 1. The molecular weight excluding hydrogens is 410 g/mol. The fourth-order valence-corrected chi connectivity index (χ4v) is 8.34. The molecule has 5 aliphatic heterocycles. The number of ether oxygens (including phenoxy) is 2. The van der Waals surface area contributed by atoms with Gasteiger partial charge in [0.2, 0.25) is 6.79 Å². The highest BCUT2D eigenvalue weighted by Gasteiger charge is 2.75. The van der Waals surface area contributed by atoms with Crippen LogP contribution in [0.25, 0.3) is 0 Å². The van der Waals surface area contributed by atoms with Crippen LogP contribution in [0.2, 0.25) is 0 Å². The van der Waals surface area contributed by atoms with Crippen molar-refractivity contribution in [2.24, 2.45) is 5.41 Å². The number of piperazine rings is 1. The van der Waals surface area contributed by atoms with Crippen molar-refractivity contribution in [2.45, 2.75) is 36.1 Å². The molecule has 0 N–H and O–H groups in total. The van der Waals surface area contributed by atoms with Crippen LogP contribution in [0.15, 0.2) is 30.9 Å². The van der Waals surface area contributed by atoms with E-state index in [9.17, 15) is 14.9 Å². The molecular formula is C20H19N3O4S2. The third-order valence-corrected chi connectivity index (χ3v) is 9.83. The van der Waals surface area contributed by atoms with Crippen LogP contribution in [0.3, 0.4) is 0 Å². The largest absolute Gasteiger partial charge is 0.454 e. The quantitative estimate of drug-likeness (QED) is 0.539. The summed E-state index contributed by atoms with van der Waals surface area (Å²) in [6.45, 7) is 7.78. The van der Waals surface area contributed by atoms with Gasteiger partial charge in [0.1, 0.15) is 0 Å². The molecule has 1 unspecified atom stereocenters. The fraction of sp³-hybridized carbons (Fsp3) is 0.450. The van der Waals surface area contributed by atoms with Crippen LogP contribution in [-0.4, -0.2) is 44.7 Å². The van der Waals surface area contributed by atoms with Crippen LogP contribution in [0.5, 0.6) is 11.5 Å². The van der Waals surface area contributed by atoms with E-state index in [0.29, 0.717) is 18.0 Å². The van der Waals surface area contributed by atoms with E-state index in [-0.39, 0.29) is 25.0 Å². The lowest BCUT2D eigenvalue weighted by Crippen LogP contribution is -2.74. The van der Waals surface area contributed by atoms with Gasteiger partial charge in [0, 0.05) is 13.0 Å². The minimum Gasteiger partial charge on any atom is -0.454 e. The van der Waals surface area contributed by atoms with Crippen LogP contribution in [0, 0.1) is 16.7 Å². The summed E-state index contributed by atoms with van der Waals surface area (Å²) in [6.07, 6.45) is 1.90. The summed E-state index contributed by atoms with van der Waals surface area (Å²) in [5.41, 5.74) is -0.157. The third kappa shape index (κ3) is 2.16. The van der Waals surface area contributed by atoms with Gasteiger partial charge in [-0.15, -0.1) is 6.58 Å². The van der Waals surface area contributed by atoms with Crippen molar-refractivity contribution < 1.29 is 19.1 Å². The SMILES string of the molecule is C=CCN1C(=O)[C@@]23C[C@](C)(C#N)C(c4ccc5c(c4)OCO5)N2C(=O)[C@@]1(C)SS3. The number of hydrogen-bond donors (Lipinski definition) is 0. The molecule has 5 aliphatic rings. The highest BCUT2D eigenvalue weighted by Crippen LogP contribution is 2.69. The number of carbonyl (C=O) groups is 2. The molecule has 5 heterocycles. The standard InChI is InChI=1S/C20H19N3O4S2/c1-4-7-22-17(25)20-9-18(2,10-21)15(23(20)16(24)19(22,3)28-29-20)12-5-6-13-14(8-12)27-11-26-13/h4-6,8,15H,1,7,9,11H2,2-3H3/t15?,18-,19-,20+/m1/s1. The lowest BCUT2D eigenvalue weighted by atomic mass is 9.79. The second-order valence-electron chi connectivity index (χ2n) is 8.03. The Bertz CT molecular complexity index is 1010. The maximum Gasteiger partial charge on any atom is 0.261 e. The van der Waals surface area contributed by atoms with Crippen molar-refractivity contribution in [3.05, 3.63) is 36.4 Å². The Labute approximate surface area is 176 Å². The Morgan fingerprint density at radius 3 is 2.76 bits per heavy atom. The number of rotatable bonds is 3. The summed E-state index contributed by atoms with van der Waals surface area (Å²) in [4.78, 5) is 28.5. The maximum atomic E-state index is 13.7. The first-order chi connectivity index (χ1) is 13.8. The van der Waals surface area contributed by atoms with Crippen molar-refractivity contribution in [3.8, 4) is 17.6 Å². The highest BCUT2D eigenvalue weighted by atomic mass is 33.1. The fourth-order valence-electron chi connectivity index (χ4n) is 4.80. The molecule has 2 bridgehead atoms. The van der Waals surface area contributed by atoms with Gasteiger partial charge >= 0.3 is 0 Å². The van der Waals surface area contributed by atoms with Gasteiger partial charge in [-0.05, 0) is 31.5 Å². The van der Waals surface area contributed by atoms with Gasteiger partial charge in [0.05, 0.1) is 17.5 Å². The normalized spacial score (nSPS) is 36.9. The van der Waals surface area contributed by atoms with Crippen molar-refractivity contribution >= 4 is 33.4 Å². The summed E-state index contributed by atoms with van der Waals surface area (Å²) in [7, 11) is 2.80. The molecule has 0 aliphatic carbocycles. The molecule has 6 rings (SSSR count). The van der Waals surface area contributed by atoms with Crippen molar-refractivity contribution in [2.75, 3.05) is 13.3 Å². The van der Waals surface area contributed by atoms with E-state index < -0.39 is 21.2 Å². The summed E-state index contributed by atoms with van der Waals surface area (Å²) in [5.74, 6) is 0.945. The minimum absolute atomic E-state index is 0.132. The molecule has 0 saturated carbocycles. The van der Waals surface area contributed by atoms with Crippen LogP contribution >= 0.6 is 21.6 Å². The van der Waals surface area contributed by atoms with Gasteiger partial charge in [-0.1, -0.05) is 33.7 Å². The van der Waals surface area contributed by atoms with Gasteiger partial charge in [-0.2, -0.15) is 5.26 Å². The Morgan fingerprint density at radius 2 is 2.03 bits per heavy atom. The number of hydrogen-bond acceptors (Lipinski definition) is 7. The number of benzene rings is 1. The number of amides is 2. The number of fused-ring (bicyclic) bond motifs is 3. The first-order valence-electron chi connectivity index (χ1n) is 9.25. The average Bonchev–Trinajstić information content (AvgIpc) is 3.28. The molecule has 4 atom stereocenters. The molecule has 1 aromatic rings. The van der Waals surface area contributed by atoms with Crippen molar-refractivity contribution in [1.82, 2.24) is 9.80 Å². The van der Waals surface area contributed by atoms with E-state index >= 15 is 0 Å². The summed E-state index contributed by atoms with van der Waals surface area (Å²) in [5, 5.41) is 10.1. The third-order valence-electron chi connectivity index (χ3n) is 6.19. The van der Waals surface area contributed by atoms with E-state index in [2.05, 4.69) is 12.6 Å². The van der Waals surface area contributed by atoms with Gasteiger partial charge in [-0.25, -0.2) is 0 Å². The molecule has 1 spiro atoms. The Balaban J connectivity index is 1.68. The second kappa shape index (κ2) is 5.86. The summed E-state index contributed by atoms with van der Waals surface area (Å²) in [6, 6.07) is 7.33. The molecule has 29 heavy (non-hydrogen) atoms. The van der Waals surface area contributed by atoms with Crippen LogP contribution in [0.4, 0.5) is 0 Å². The smallest absolute Gasteiger partial charge is 0.261 e. The van der Waals surface area contributed by atoms with E-state index in [1.54, 1.807) is 28.9 Å². The number of nitrogens with zero attached hydrogens (tertiary/aromatic N) is 3. The van der Waals surface area contributed by atoms with E-state index in [4.69, 9.17) is 9.47 Å². The Hall–Kier alpha value is -2.31. The molecule has 0 radical (unpaired) electrons. The van der Waals surface area contributed by atoms with E-state index in [0.717, 1.165) is 5.56 Å². The van der Waals surface area contributed by atoms with Crippen LogP contribution < -0.4 is 9.47 Å². The van der Waals surface area contributed by atoms with Crippen molar-refractivity contribution in [3.63, 3.8) is 0 Å². The number of carbonyl (C=O) groups excluding carboxylic acids is 2. The molecule has 0 aromatic heterocycles. The molecule has 4 saturated heterocycles. The lowest BCUT2D eigenvalue weighted by molar-refractivity contribution is -0.165. The predicted molar refractivity (Wildman–Crippen MR) is 109 cm³/mol. The van der Waals surface area contributed by atoms with Gasteiger partial charge in [0.15, 0.2) is 21.2 Å². The van der Waals surface area contributed by atoms with Gasteiger partial charge < -0.3 is 19.3 Å². The second-order valence-corrected chi connectivity index (χ2v) is 10.8. The van der Waals surface area contributed by atoms with Crippen LogP contribution in [-0.2, 0) is 9.59 Å². The van der Waals surface area contributed by atoms with Crippen molar-refractivity contribution in [1.29, 1.82) is 5.26 Å². The van der Waals surface area contributed by atoms with E-state index in [1.807, 2.05) is 19.1 Å². The topological polar surface area (TPSA) is 82.9 Å². The lowest BCUT2D eigenvalue weighted by Gasteiger charge is -2.58. The molecule has 1 aromatic carbocycles. The zero-order valence-electron chi connectivity index (χ0n) is 16.0. The first kappa shape index (κ1) is 18.7. The zero-order valence-corrected chi connectivity index (χ0v) is 17.6. The molecule has 7 nitrogen and oxygen atoms in total. The Morgan fingerprint density at radius 1 is 1.28 bits per heavy atom. The summed E-state index contributed by atoms with van der Waals surface area (Å²) >= 11 is 0. The van der Waals surface area contributed by atoms with Gasteiger partial charge in [0.25, 0.3) is 11.8 Å². The zero-order chi connectivity index (χ0) is 20.6. The van der Waals surface area contributed by atoms with Crippen LogP contribution in [0.1, 0.15) is 31.9 Å². The molecule has 150 valence electrons. The van der Waals surface area contributed by atoms with E-state index in [1.165, 1.54) is 21.6 Å². The highest BCUT2D eigenvalue weighted by molar-refractivity contribution is 8.78. The maximum absolute atomic E-state index is 13.7. The Kier molecular flexibility index (Phi) is 3.78. The monoisotopic (exact) mass is 429 g/mol. The first-order valence-corrected chi connectivity index (χ1v) is 11.4.